The maximum Gasteiger partial charge on any atom is 0.0584 e. The van der Waals surface area contributed by atoms with E-state index in [0.717, 1.165) is 12.8 Å². The summed E-state index contributed by atoms with van der Waals surface area (Å²) in [6, 6.07) is 9.00. The Kier molecular flexibility index (Phi) is 5.38. The Bertz CT molecular complexity index is 421. The fourth-order valence-corrected chi connectivity index (χ4v) is 3.48. The summed E-state index contributed by atoms with van der Waals surface area (Å²) in [7, 11) is 0. The molecule has 1 unspecified atom stereocenters. The van der Waals surface area contributed by atoms with Crippen LogP contribution in [0.25, 0.3) is 0 Å². The number of rotatable bonds is 7. The minimum absolute atomic E-state index is 0.178. The average molecular weight is 281 g/mol. The van der Waals surface area contributed by atoms with Crippen molar-refractivity contribution in [3.63, 3.8) is 0 Å². The van der Waals surface area contributed by atoms with Crippen LogP contribution in [-0.2, 0) is 6.42 Å². The molecule has 0 saturated heterocycles. The van der Waals surface area contributed by atoms with Gasteiger partial charge >= 0.3 is 0 Å². The minimum Gasteiger partial charge on any atom is -0.395 e. The van der Waals surface area contributed by atoms with E-state index in [9.17, 15) is 5.11 Å². The Morgan fingerprint density at radius 3 is 2.56 bits per heavy atom. The molecule has 0 aliphatic carbocycles. The smallest absolute Gasteiger partial charge is 0.0584 e. The largest absolute Gasteiger partial charge is 0.395 e. The molecule has 4 heteroatoms. The third-order valence-corrected chi connectivity index (χ3v) is 4.91. The number of nitrogens with one attached hydrogen (secondary N) is 1. The van der Waals surface area contributed by atoms with Crippen molar-refractivity contribution in [2.24, 2.45) is 0 Å². The molecule has 0 spiro atoms. The Balaban J connectivity index is 2.08. The predicted molar refractivity (Wildman–Crippen MR) is 79.4 cm³/mol. The molecule has 98 valence electrons. The zero-order chi connectivity index (χ0) is 12.8. The molecule has 2 N–H and O–H groups in total. The van der Waals surface area contributed by atoms with Crippen molar-refractivity contribution >= 4 is 22.7 Å². The molecular weight excluding hydrogens is 262 g/mol. The van der Waals surface area contributed by atoms with Gasteiger partial charge in [0.1, 0.15) is 0 Å². The van der Waals surface area contributed by atoms with Crippen molar-refractivity contribution in [2.75, 3.05) is 6.61 Å². The summed E-state index contributed by atoms with van der Waals surface area (Å²) < 4.78 is 0. The topological polar surface area (TPSA) is 32.3 Å². The number of hydrogen-bond acceptors (Lipinski definition) is 4. The highest BCUT2D eigenvalue weighted by atomic mass is 32.1. The maximum absolute atomic E-state index is 9.34. The Labute approximate surface area is 116 Å². The summed E-state index contributed by atoms with van der Waals surface area (Å²) in [4.78, 5) is 2.73. The van der Waals surface area contributed by atoms with E-state index in [2.05, 4.69) is 47.3 Å². The second-order valence-corrected chi connectivity index (χ2v) is 6.32. The number of thiophene rings is 2. The first-order chi connectivity index (χ1) is 8.83. The lowest BCUT2D eigenvalue weighted by Gasteiger charge is -2.22. The monoisotopic (exact) mass is 281 g/mol. The van der Waals surface area contributed by atoms with Gasteiger partial charge in [-0.3, -0.25) is 0 Å². The van der Waals surface area contributed by atoms with Crippen LogP contribution in [0.4, 0.5) is 0 Å². The van der Waals surface area contributed by atoms with E-state index in [1.54, 1.807) is 22.7 Å². The van der Waals surface area contributed by atoms with Crippen molar-refractivity contribution in [2.45, 2.75) is 31.8 Å². The fourth-order valence-electron chi connectivity index (χ4n) is 1.95. The van der Waals surface area contributed by atoms with Gasteiger partial charge in [-0.25, -0.2) is 0 Å². The predicted octanol–water partition coefficient (Wildman–Crippen LogP) is 3.45. The average Bonchev–Trinajstić information content (AvgIpc) is 3.06. The van der Waals surface area contributed by atoms with Crippen molar-refractivity contribution in [1.82, 2.24) is 5.32 Å². The van der Waals surface area contributed by atoms with Gasteiger partial charge in [0.05, 0.1) is 6.61 Å². The highest BCUT2D eigenvalue weighted by molar-refractivity contribution is 7.10. The van der Waals surface area contributed by atoms with Crippen LogP contribution in [0, 0.1) is 0 Å². The van der Waals surface area contributed by atoms with Crippen molar-refractivity contribution in [1.29, 1.82) is 0 Å². The molecule has 0 amide bonds. The van der Waals surface area contributed by atoms with Gasteiger partial charge < -0.3 is 10.4 Å². The maximum atomic E-state index is 9.34. The molecule has 2 aromatic heterocycles. The molecule has 2 rings (SSSR count). The lowest BCUT2D eigenvalue weighted by molar-refractivity contribution is 0.228. The van der Waals surface area contributed by atoms with Crippen LogP contribution in [0.1, 0.15) is 29.1 Å². The van der Waals surface area contributed by atoms with Gasteiger partial charge in [0.15, 0.2) is 0 Å². The molecule has 2 aromatic rings. The summed E-state index contributed by atoms with van der Waals surface area (Å²) in [5.74, 6) is 0. The van der Waals surface area contributed by atoms with E-state index < -0.39 is 0 Å². The van der Waals surface area contributed by atoms with E-state index in [1.165, 1.54) is 9.75 Å². The van der Waals surface area contributed by atoms with Gasteiger partial charge in [-0.2, -0.15) is 0 Å². The lowest BCUT2D eigenvalue weighted by Crippen LogP contribution is -2.35. The molecule has 0 bridgehead atoms. The SMILES string of the molecule is CC[C@H](CO)NC(Cc1cccs1)c1cccs1. The first kappa shape index (κ1) is 13.7. The van der Waals surface area contributed by atoms with E-state index in [0.29, 0.717) is 6.04 Å². The van der Waals surface area contributed by atoms with Gasteiger partial charge in [-0.1, -0.05) is 19.1 Å². The standard InChI is InChI=1S/C14H19NOS2/c1-2-11(10-16)15-13(14-6-4-8-18-14)9-12-5-3-7-17-12/h3-8,11,13,15-16H,2,9-10H2,1H3/t11-,13?/m1/s1. The highest BCUT2D eigenvalue weighted by Gasteiger charge is 2.17. The number of aliphatic hydroxyl groups is 1. The fraction of sp³-hybridized carbons (Fsp3) is 0.429. The summed E-state index contributed by atoms with van der Waals surface area (Å²) in [6.07, 6.45) is 1.94. The molecule has 2 heterocycles. The van der Waals surface area contributed by atoms with Crippen molar-refractivity contribution in [3.8, 4) is 0 Å². The summed E-state index contributed by atoms with van der Waals surface area (Å²) in [6.45, 7) is 2.30. The molecule has 0 saturated carbocycles. The lowest BCUT2D eigenvalue weighted by atomic mass is 10.1. The molecule has 0 fully saturated rings. The van der Waals surface area contributed by atoms with Crippen LogP contribution in [-0.4, -0.2) is 17.8 Å². The van der Waals surface area contributed by atoms with Crippen LogP contribution in [0.5, 0.6) is 0 Å². The zero-order valence-electron chi connectivity index (χ0n) is 10.5. The molecule has 18 heavy (non-hydrogen) atoms. The number of hydrogen-bond donors (Lipinski definition) is 2. The minimum atomic E-state index is 0.178. The van der Waals surface area contributed by atoms with Gasteiger partial charge in [0.25, 0.3) is 0 Å². The third-order valence-electron chi connectivity index (χ3n) is 3.02. The van der Waals surface area contributed by atoms with Crippen molar-refractivity contribution < 1.29 is 5.11 Å². The molecular formula is C14H19NOS2. The summed E-state index contributed by atoms with van der Waals surface area (Å²) in [5.41, 5.74) is 0. The first-order valence-corrected chi connectivity index (χ1v) is 8.02. The molecule has 0 radical (unpaired) electrons. The highest BCUT2D eigenvalue weighted by Crippen LogP contribution is 2.25. The Morgan fingerprint density at radius 2 is 2.00 bits per heavy atom. The van der Waals surface area contributed by atoms with Gasteiger partial charge in [-0.05, 0) is 29.3 Å². The Morgan fingerprint density at radius 1 is 1.22 bits per heavy atom. The van der Waals surface area contributed by atoms with Gasteiger partial charge in [-0.15, -0.1) is 22.7 Å². The molecule has 0 aliphatic rings. The van der Waals surface area contributed by atoms with E-state index in [1.807, 2.05) is 0 Å². The second-order valence-electron chi connectivity index (χ2n) is 4.31. The normalized spacial score (nSPS) is 14.6. The van der Waals surface area contributed by atoms with Crippen LogP contribution in [0.15, 0.2) is 35.0 Å². The van der Waals surface area contributed by atoms with Gasteiger partial charge in [0, 0.05) is 28.3 Å². The van der Waals surface area contributed by atoms with Gasteiger partial charge in [0.2, 0.25) is 0 Å². The molecule has 0 aromatic carbocycles. The van der Waals surface area contributed by atoms with E-state index in [-0.39, 0.29) is 12.6 Å². The molecule has 0 aliphatic heterocycles. The summed E-state index contributed by atoms with van der Waals surface area (Å²) in [5, 5.41) is 17.1. The van der Waals surface area contributed by atoms with Crippen LogP contribution in [0.2, 0.25) is 0 Å². The van der Waals surface area contributed by atoms with Crippen molar-refractivity contribution in [3.05, 3.63) is 44.8 Å². The van der Waals surface area contributed by atoms with Crippen LogP contribution < -0.4 is 5.32 Å². The second kappa shape index (κ2) is 7.04. The van der Waals surface area contributed by atoms with Crippen LogP contribution in [0.3, 0.4) is 0 Å². The van der Waals surface area contributed by atoms with Crippen LogP contribution >= 0.6 is 22.7 Å². The Hall–Kier alpha value is -0.680. The summed E-state index contributed by atoms with van der Waals surface area (Å²) >= 11 is 3.57. The first-order valence-electron chi connectivity index (χ1n) is 6.26. The molecule has 2 atom stereocenters. The molecule has 2 nitrogen and oxygen atoms in total. The number of aliphatic hydroxyl groups excluding tert-OH is 1. The van der Waals surface area contributed by atoms with E-state index >= 15 is 0 Å². The third kappa shape index (κ3) is 3.65. The zero-order valence-corrected chi connectivity index (χ0v) is 12.1. The quantitative estimate of drug-likeness (QED) is 0.814. The van der Waals surface area contributed by atoms with E-state index in [4.69, 9.17) is 0 Å².